The number of rotatable bonds is 3. The largest absolute Gasteiger partial charge is 0.382 e. The molecule has 2 aromatic rings. The zero-order valence-corrected chi connectivity index (χ0v) is 8.88. The summed E-state index contributed by atoms with van der Waals surface area (Å²) in [5.41, 5.74) is 8.05. The van der Waals surface area contributed by atoms with Gasteiger partial charge in [0.25, 0.3) is 0 Å². The Morgan fingerprint density at radius 1 is 1.12 bits per heavy atom. The van der Waals surface area contributed by atoms with Gasteiger partial charge in [-0.1, -0.05) is 30.3 Å². The molecular weight excluding hydrogens is 200 g/mol. The summed E-state index contributed by atoms with van der Waals surface area (Å²) in [6.45, 7) is 0.514. The standard InChI is InChI=1S/C13H14N2O/c14-9-10-4-6-11(7-5-10)13(16)12-3-1-2-8-15-12/h1-8,13,16H,9,14H2. The lowest BCUT2D eigenvalue weighted by atomic mass is 10.0. The van der Waals surface area contributed by atoms with Crippen molar-refractivity contribution in [3.05, 3.63) is 65.5 Å². The van der Waals surface area contributed by atoms with E-state index in [2.05, 4.69) is 4.98 Å². The van der Waals surface area contributed by atoms with Crippen LogP contribution in [0.5, 0.6) is 0 Å². The van der Waals surface area contributed by atoms with Gasteiger partial charge >= 0.3 is 0 Å². The number of benzene rings is 1. The molecule has 0 fully saturated rings. The second-order valence-corrected chi connectivity index (χ2v) is 3.60. The maximum atomic E-state index is 10.1. The first-order valence-corrected chi connectivity index (χ1v) is 5.19. The van der Waals surface area contributed by atoms with Crippen LogP contribution in [0.25, 0.3) is 0 Å². The molecule has 82 valence electrons. The lowest BCUT2D eigenvalue weighted by molar-refractivity contribution is 0.215. The number of aliphatic hydroxyl groups is 1. The van der Waals surface area contributed by atoms with E-state index in [1.165, 1.54) is 0 Å². The summed E-state index contributed by atoms with van der Waals surface area (Å²) >= 11 is 0. The maximum absolute atomic E-state index is 10.1. The average Bonchev–Trinajstić information content (AvgIpc) is 2.39. The molecule has 0 bridgehead atoms. The molecule has 16 heavy (non-hydrogen) atoms. The Morgan fingerprint density at radius 2 is 1.88 bits per heavy atom. The van der Waals surface area contributed by atoms with Gasteiger partial charge in [0, 0.05) is 12.7 Å². The van der Waals surface area contributed by atoms with E-state index in [0.717, 1.165) is 11.1 Å². The van der Waals surface area contributed by atoms with E-state index in [9.17, 15) is 5.11 Å². The third-order valence-electron chi connectivity index (χ3n) is 2.50. The minimum atomic E-state index is -0.673. The SMILES string of the molecule is NCc1ccc(C(O)c2ccccn2)cc1. The van der Waals surface area contributed by atoms with Gasteiger partial charge in [0.2, 0.25) is 0 Å². The summed E-state index contributed by atoms with van der Waals surface area (Å²) in [4.78, 5) is 4.12. The molecule has 3 N–H and O–H groups in total. The Balaban J connectivity index is 2.24. The number of nitrogens with two attached hydrogens (primary N) is 1. The summed E-state index contributed by atoms with van der Waals surface area (Å²) < 4.78 is 0. The first-order valence-electron chi connectivity index (χ1n) is 5.19. The van der Waals surface area contributed by atoms with Gasteiger partial charge < -0.3 is 10.8 Å². The molecule has 1 unspecified atom stereocenters. The lowest BCUT2D eigenvalue weighted by Gasteiger charge is -2.10. The number of hydrogen-bond acceptors (Lipinski definition) is 3. The van der Waals surface area contributed by atoms with Gasteiger partial charge in [-0.15, -0.1) is 0 Å². The number of aromatic nitrogens is 1. The highest BCUT2D eigenvalue weighted by Gasteiger charge is 2.10. The van der Waals surface area contributed by atoms with Crippen molar-refractivity contribution in [2.24, 2.45) is 5.73 Å². The monoisotopic (exact) mass is 214 g/mol. The quantitative estimate of drug-likeness (QED) is 0.816. The molecule has 2 rings (SSSR count). The molecule has 0 aliphatic heterocycles. The minimum Gasteiger partial charge on any atom is -0.382 e. The van der Waals surface area contributed by atoms with E-state index < -0.39 is 6.10 Å². The van der Waals surface area contributed by atoms with Crippen LogP contribution in [0.3, 0.4) is 0 Å². The van der Waals surface area contributed by atoms with E-state index in [4.69, 9.17) is 5.73 Å². The smallest absolute Gasteiger partial charge is 0.121 e. The summed E-state index contributed by atoms with van der Waals surface area (Å²) in [5.74, 6) is 0. The van der Waals surface area contributed by atoms with Crippen molar-refractivity contribution in [3.8, 4) is 0 Å². The van der Waals surface area contributed by atoms with Gasteiger partial charge in [-0.05, 0) is 23.3 Å². The van der Waals surface area contributed by atoms with Crippen molar-refractivity contribution in [2.45, 2.75) is 12.6 Å². The fraction of sp³-hybridized carbons (Fsp3) is 0.154. The van der Waals surface area contributed by atoms with Crippen LogP contribution in [0.2, 0.25) is 0 Å². The molecule has 1 aromatic heterocycles. The molecule has 0 aliphatic rings. The molecule has 0 radical (unpaired) electrons. The van der Waals surface area contributed by atoms with Gasteiger partial charge in [0.1, 0.15) is 6.10 Å². The van der Waals surface area contributed by atoms with Crippen molar-refractivity contribution < 1.29 is 5.11 Å². The predicted molar refractivity (Wildman–Crippen MR) is 62.6 cm³/mol. The van der Waals surface area contributed by atoms with Crippen molar-refractivity contribution in [1.29, 1.82) is 0 Å². The summed E-state index contributed by atoms with van der Waals surface area (Å²) in [7, 11) is 0. The molecule has 1 heterocycles. The van der Waals surface area contributed by atoms with Crippen LogP contribution in [0.15, 0.2) is 48.7 Å². The molecule has 0 amide bonds. The Morgan fingerprint density at radius 3 is 2.44 bits per heavy atom. The molecule has 1 aromatic carbocycles. The molecule has 3 heteroatoms. The zero-order valence-electron chi connectivity index (χ0n) is 8.88. The van der Waals surface area contributed by atoms with E-state index in [1.54, 1.807) is 6.20 Å². The second kappa shape index (κ2) is 4.88. The highest BCUT2D eigenvalue weighted by molar-refractivity contribution is 5.28. The van der Waals surface area contributed by atoms with Gasteiger partial charge in [-0.3, -0.25) is 4.98 Å². The van der Waals surface area contributed by atoms with E-state index in [1.807, 2.05) is 42.5 Å². The second-order valence-electron chi connectivity index (χ2n) is 3.60. The predicted octanol–water partition coefficient (Wildman–Crippen LogP) is 1.62. The van der Waals surface area contributed by atoms with Gasteiger partial charge in [0.15, 0.2) is 0 Å². The highest BCUT2D eigenvalue weighted by atomic mass is 16.3. The number of pyridine rings is 1. The lowest BCUT2D eigenvalue weighted by Crippen LogP contribution is -2.02. The van der Waals surface area contributed by atoms with Crippen LogP contribution in [0.1, 0.15) is 22.9 Å². The summed E-state index contributed by atoms with van der Waals surface area (Å²) in [5, 5.41) is 10.1. The summed E-state index contributed by atoms with van der Waals surface area (Å²) in [6, 6.07) is 13.1. The minimum absolute atomic E-state index is 0.514. The third kappa shape index (κ3) is 2.27. The van der Waals surface area contributed by atoms with Crippen molar-refractivity contribution in [2.75, 3.05) is 0 Å². The van der Waals surface area contributed by atoms with Gasteiger partial charge in [0.05, 0.1) is 5.69 Å². The van der Waals surface area contributed by atoms with E-state index in [-0.39, 0.29) is 0 Å². The first-order chi connectivity index (χ1) is 7.81. The fourth-order valence-corrected chi connectivity index (χ4v) is 1.54. The van der Waals surface area contributed by atoms with Crippen LogP contribution >= 0.6 is 0 Å². The molecule has 0 saturated heterocycles. The molecular formula is C13H14N2O. The van der Waals surface area contributed by atoms with E-state index >= 15 is 0 Å². The van der Waals surface area contributed by atoms with Crippen LogP contribution in [-0.2, 0) is 6.54 Å². The molecule has 0 aliphatic carbocycles. The van der Waals surface area contributed by atoms with Crippen LogP contribution in [0, 0.1) is 0 Å². The van der Waals surface area contributed by atoms with Crippen molar-refractivity contribution in [3.63, 3.8) is 0 Å². The molecule has 1 atom stereocenters. The normalized spacial score (nSPS) is 12.4. The third-order valence-corrected chi connectivity index (χ3v) is 2.50. The fourth-order valence-electron chi connectivity index (χ4n) is 1.54. The van der Waals surface area contributed by atoms with Crippen LogP contribution < -0.4 is 5.73 Å². The Bertz CT molecular complexity index is 439. The maximum Gasteiger partial charge on any atom is 0.121 e. The topological polar surface area (TPSA) is 59.1 Å². The van der Waals surface area contributed by atoms with Gasteiger partial charge in [-0.25, -0.2) is 0 Å². The Labute approximate surface area is 94.6 Å². The molecule has 0 saturated carbocycles. The summed E-state index contributed by atoms with van der Waals surface area (Å²) in [6.07, 6.45) is 1.00. The van der Waals surface area contributed by atoms with Crippen molar-refractivity contribution >= 4 is 0 Å². The van der Waals surface area contributed by atoms with Gasteiger partial charge in [-0.2, -0.15) is 0 Å². The van der Waals surface area contributed by atoms with Crippen LogP contribution in [0.4, 0.5) is 0 Å². The van der Waals surface area contributed by atoms with E-state index in [0.29, 0.717) is 12.2 Å². The zero-order chi connectivity index (χ0) is 11.4. The Kier molecular flexibility index (Phi) is 3.29. The molecule has 3 nitrogen and oxygen atoms in total. The first kappa shape index (κ1) is 10.8. The number of aliphatic hydroxyl groups excluding tert-OH is 1. The average molecular weight is 214 g/mol. The number of hydrogen-bond donors (Lipinski definition) is 2. The van der Waals surface area contributed by atoms with Crippen LogP contribution in [-0.4, -0.2) is 10.1 Å². The molecule has 0 spiro atoms. The highest BCUT2D eigenvalue weighted by Crippen LogP contribution is 2.19. The number of nitrogens with zero attached hydrogens (tertiary/aromatic N) is 1. The van der Waals surface area contributed by atoms with Crippen molar-refractivity contribution in [1.82, 2.24) is 4.98 Å². The Hall–Kier alpha value is -1.71.